The number of alkyl carbamates (subject to hydrolysis) is 2. The molecule has 4 amide bonds. The van der Waals surface area contributed by atoms with Crippen molar-refractivity contribution in [1.82, 2.24) is 45.9 Å². The summed E-state index contributed by atoms with van der Waals surface area (Å²) in [4.78, 5) is 74.3. The third kappa shape index (κ3) is 8.74. The van der Waals surface area contributed by atoms with E-state index in [-0.39, 0.29) is 5.95 Å². The van der Waals surface area contributed by atoms with Gasteiger partial charge in [-0.1, -0.05) is 60.7 Å². The Hall–Kier alpha value is -7.36. The smallest absolute Gasteiger partial charge is 0.407 e. The van der Waals surface area contributed by atoms with Crippen LogP contribution in [0.3, 0.4) is 0 Å². The van der Waals surface area contributed by atoms with Crippen molar-refractivity contribution < 1.29 is 28.7 Å². The van der Waals surface area contributed by atoms with Crippen LogP contribution in [-0.4, -0.2) is 68.1 Å². The number of nitrogens with one attached hydrogen (secondary N) is 6. The highest BCUT2D eigenvalue weighted by Crippen LogP contribution is 2.25. The summed E-state index contributed by atoms with van der Waals surface area (Å²) in [5.41, 5.74) is 5.24. The molecule has 2 aromatic carbocycles. The van der Waals surface area contributed by atoms with Crippen LogP contribution in [0.4, 0.5) is 15.5 Å². The number of carbonyl (C=O) groups excluding carboxylic acids is 4. The first-order valence-corrected chi connectivity index (χ1v) is 16.7. The molecule has 3 atom stereocenters. The lowest BCUT2D eigenvalue weighted by Crippen LogP contribution is -2.41. The number of hydrogen-bond donors (Lipinski definition) is 6. The van der Waals surface area contributed by atoms with Crippen LogP contribution in [0.2, 0.25) is 0 Å². The van der Waals surface area contributed by atoms with E-state index in [4.69, 9.17) is 4.74 Å². The lowest BCUT2D eigenvalue weighted by molar-refractivity contribution is -0.124. The van der Waals surface area contributed by atoms with Crippen molar-refractivity contribution in [1.29, 1.82) is 0 Å². The molecule has 0 bridgehead atoms. The van der Waals surface area contributed by atoms with Crippen molar-refractivity contribution in [3.63, 3.8) is 0 Å². The Balaban J connectivity index is 1.08. The molecular formula is C38H36N10O6. The SMILES string of the molecule is COC(=O)N[C@@H](C(=O)Nc1ncc(-c2ccc(-c3ccc(-c4cnc([C@H](C)NC(=O)[C@H](NC(=O)OC)c5ccccc5)[nH]4)cn3)nc2)[nH]1)c1ccccc1. The van der Waals surface area contributed by atoms with Gasteiger partial charge in [0.25, 0.3) is 5.91 Å². The molecule has 0 saturated carbocycles. The summed E-state index contributed by atoms with van der Waals surface area (Å²) in [6.07, 6.45) is 5.10. The van der Waals surface area contributed by atoms with Crippen molar-refractivity contribution >= 4 is 29.9 Å². The third-order valence-corrected chi connectivity index (χ3v) is 8.28. The van der Waals surface area contributed by atoms with Gasteiger partial charge in [0.1, 0.15) is 17.9 Å². The minimum absolute atomic E-state index is 0.189. The fourth-order valence-electron chi connectivity index (χ4n) is 5.44. The lowest BCUT2D eigenvalue weighted by atomic mass is 10.1. The average Bonchev–Trinajstić information content (AvgIpc) is 3.90. The van der Waals surface area contributed by atoms with E-state index in [1.165, 1.54) is 14.2 Å². The predicted octanol–water partition coefficient (Wildman–Crippen LogP) is 5.23. The van der Waals surface area contributed by atoms with Gasteiger partial charge in [0, 0.05) is 23.5 Å². The number of amides is 4. The number of aromatic amines is 2. The van der Waals surface area contributed by atoms with E-state index in [9.17, 15) is 19.2 Å². The number of nitrogens with zero attached hydrogens (tertiary/aromatic N) is 4. The molecule has 0 aliphatic heterocycles. The first-order chi connectivity index (χ1) is 26.2. The second-order valence-corrected chi connectivity index (χ2v) is 11.9. The maximum atomic E-state index is 13.2. The van der Waals surface area contributed by atoms with Crippen molar-refractivity contribution in [2.75, 3.05) is 19.5 Å². The molecule has 274 valence electrons. The van der Waals surface area contributed by atoms with Crippen LogP contribution in [0.1, 0.15) is 42.0 Å². The molecule has 0 radical (unpaired) electrons. The number of carbonyl (C=O) groups is 4. The second kappa shape index (κ2) is 16.8. The van der Waals surface area contributed by atoms with Crippen molar-refractivity contribution in [3.05, 3.63) is 127 Å². The van der Waals surface area contributed by atoms with E-state index in [1.807, 2.05) is 36.4 Å². The first-order valence-electron chi connectivity index (χ1n) is 16.7. The molecule has 6 rings (SSSR count). The average molecular weight is 729 g/mol. The van der Waals surface area contributed by atoms with Crippen LogP contribution >= 0.6 is 0 Å². The fourth-order valence-corrected chi connectivity index (χ4v) is 5.44. The van der Waals surface area contributed by atoms with Crippen LogP contribution in [0.25, 0.3) is 33.9 Å². The zero-order valence-corrected chi connectivity index (χ0v) is 29.4. The molecule has 0 spiro atoms. The number of hydrogen-bond acceptors (Lipinski definition) is 10. The Morgan fingerprint density at radius 1 is 0.574 bits per heavy atom. The van der Waals surface area contributed by atoms with Crippen molar-refractivity contribution in [3.8, 4) is 33.9 Å². The molecule has 0 unspecified atom stereocenters. The van der Waals surface area contributed by atoms with E-state index < -0.39 is 42.1 Å². The molecule has 16 heteroatoms. The van der Waals surface area contributed by atoms with Crippen LogP contribution in [0.5, 0.6) is 0 Å². The van der Waals surface area contributed by atoms with Gasteiger partial charge < -0.3 is 35.4 Å². The number of ether oxygens (including phenoxy) is 2. The summed E-state index contributed by atoms with van der Waals surface area (Å²) < 4.78 is 9.40. The van der Waals surface area contributed by atoms with Gasteiger partial charge in [0.2, 0.25) is 11.9 Å². The van der Waals surface area contributed by atoms with E-state index in [0.29, 0.717) is 39.7 Å². The predicted molar refractivity (Wildman–Crippen MR) is 197 cm³/mol. The van der Waals surface area contributed by atoms with Gasteiger partial charge in [-0.2, -0.15) is 0 Å². The van der Waals surface area contributed by atoms with Crippen LogP contribution < -0.4 is 21.3 Å². The van der Waals surface area contributed by atoms with Gasteiger partial charge in [-0.15, -0.1) is 0 Å². The monoisotopic (exact) mass is 728 g/mol. The molecule has 0 aliphatic rings. The highest BCUT2D eigenvalue weighted by Gasteiger charge is 2.26. The maximum Gasteiger partial charge on any atom is 0.407 e. The molecule has 16 nitrogen and oxygen atoms in total. The van der Waals surface area contributed by atoms with Crippen LogP contribution in [-0.2, 0) is 19.1 Å². The second-order valence-electron chi connectivity index (χ2n) is 11.9. The van der Waals surface area contributed by atoms with Gasteiger partial charge in [0.15, 0.2) is 0 Å². The Morgan fingerprint density at radius 2 is 1.07 bits per heavy atom. The van der Waals surface area contributed by atoms with Gasteiger partial charge in [-0.25, -0.2) is 19.6 Å². The topological polar surface area (TPSA) is 218 Å². The number of benzene rings is 2. The molecule has 4 heterocycles. The van der Waals surface area contributed by atoms with Gasteiger partial charge in [-0.05, 0) is 42.3 Å². The number of methoxy groups -OCH3 is 2. The number of anilines is 1. The molecule has 54 heavy (non-hydrogen) atoms. The standard InChI is InChI=1S/C38H36N10O6/c1-22(43-34(49)31(46-37(51)53-2)23-10-6-4-7-11-23)33-41-20-29(44-33)25-14-16-27(39-18-25)28-17-15-26(19-40-28)30-21-42-36(45-30)48-35(50)32(47-38(52)54-3)24-12-8-5-9-13-24/h4-22,31-32H,1-3H3,(H,41,44)(H,43,49)(H,46,51)(H,47,52)(H2,42,45,48,50)/t22-,31+,32+/m0/s1. The van der Waals surface area contributed by atoms with E-state index in [1.54, 1.807) is 80.2 Å². The summed E-state index contributed by atoms with van der Waals surface area (Å²) >= 11 is 0. The summed E-state index contributed by atoms with van der Waals surface area (Å²) in [5, 5.41) is 10.7. The highest BCUT2D eigenvalue weighted by molar-refractivity contribution is 5.96. The Labute approximate surface area is 309 Å². The largest absolute Gasteiger partial charge is 0.453 e. The molecule has 6 aromatic rings. The fraction of sp³-hybridized carbons (Fsp3) is 0.158. The summed E-state index contributed by atoms with van der Waals surface area (Å²) in [5.74, 6) is -0.233. The quantitative estimate of drug-likeness (QED) is 0.0964. The first kappa shape index (κ1) is 36.4. The van der Waals surface area contributed by atoms with Crippen LogP contribution in [0, 0.1) is 0 Å². The minimum atomic E-state index is -1.00. The molecule has 6 N–H and O–H groups in total. The number of H-pyrrole nitrogens is 2. The molecule has 0 aliphatic carbocycles. The van der Waals surface area contributed by atoms with Crippen LogP contribution in [0.15, 0.2) is 110 Å². The normalized spacial score (nSPS) is 12.4. The lowest BCUT2D eigenvalue weighted by Gasteiger charge is -2.20. The van der Waals surface area contributed by atoms with E-state index in [0.717, 1.165) is 11.1 Å². The zero-order valence-electron chi connectivity index (χ0n) is 29.4. The minimum Gasteiger partial charge on any atom is -0.453 e. The number of aromatic nitrogens is 6. The van der Waals surface area contributed by atoms with Gasteiger partial charge in [-0.3, -0.25) is 24.9 Å². The third-order valence-electron chi connectivity index (χ3n) is 8.28. The van der Waals surface area contributed by atoms with Gasteiger partial charge in [0.05, 0.1) is 55.4 Å². The van der Waals surface area contributed by atoms with E-state index >= 15 is 0 Å². The maximum absolute atomic E-state index is 13.2. The van der Waals surface area contributed by atoms with Crippen molar-refractivity contribution in [2.45, 2.75) is 25.0 Å². The number of imidazole rings is 2. The molecule has 4 aromatic heterocycles. The van der Waals surface area contributed by atoms with Crippen molar-refractivity contribution in [2.24, 2.45) is 0 Å². The number of rotatable bonds is 12. The molecular weight excluding hydrogens is 692 g/mol. The summed E-state index contributed by atoms with van der Waals surface area (Å²) in [7, 11) is 2.46. The van der Waals surface area contributed by atoms with E-state index in [2.05, 4.69) is 55.9 Å². The summed E-state index contributed by atoms with van der Waals surface area (Å²) in [6, 6.07) is 22.5. The Bertz CT molecular complexity index is 2210. The zero-order chi connectivity index (χ0) is 38.0. The number of pyridine rings is 2. The Kier molecular flexibility index (Phi) is 11.3. The molecule has 0 saturated heterocycles. The summed E-state index contributed by atoms with van der Waals surface area (Å²) in [6.45, 7) is 1.78. The highest BCUT2D eigenvalue weighted by atomic mass is 16.5. The Morgan fingerprint density at radius 3 is 1.57 bits per heavy atom. The molecule has 0 fully saturated rings. The van der Waals surface area contributed by atoms with Gasteiger partial charge >= 0.3 is 12.2 Å².